The lowest BCUT2D eigenvalue weighted by Crippen LogP contribution is -2.18. The van der Waals surface area contributed by atoms with Crippen molar-refractivity contribution < 1.29 is 0 Å². The monoisotopic (exact) mass is 616 g/mol. The second kappa shape index (κ2) is 11.1. The minimum absolute atomic E-state index is 0.143. The first kappa shape index (κ1) is 28.4. The molecule has 0 atom stereocenters. The number of fused-ring (bicyclic) bond motifs is 7. The van der Waals surface area contributed by atoms with Gasteiger partial charge in [-0.15, -0.1) is 0 Å². The molecule has 2 aliphatic rings. The molecule has 2 nitrogen and oxygen atoms in total. The molecule has 0 spiro atoms. The summed E-state index contributed by atoms with van der Waals surface area (Å²) in [5.74, 6) is 0. The van der Waals surface area contributed by atoms with Crippen molar-refractivity contribution in [1.82, 2.24) is 0 Å². The average molecular weight is 617 g/mol. The molecule has 230 valence electrons. The highest BCUT2D eigenvalue weighted by molar-refractivity contribution is 5.92. The molecule has 0 saturated heterocycles. The van der Waals surface area contributed by atoms with Gasteiger partial charge in [0.05, 0.1) is 0 Å². The highest BCUT2D eigenvalue weighted by Gasteiger charge is 2.40. The van der Waals surface area contributed by atoms with Crippen LogP contribution in [0.3, 0.4) is 0 Å². The van der Waals surface area contributed by atoms with E-state index in [1.165, 1.54) is 55.9 Å². The summed E-state index contributed by atoms with van der Waals surface area (Å²) in [6.07, 6.45) is 0.934. The van der Waals surface area contributed by atoms with Crippen LogP contribution in [0.5, 0.6) is 0 Å². The minimum atomic E-state index is -0.143. The molecule has 9 rings (SSSR count). The van der Waals surface area contributed by atoms with Gasteiger partial charge in [0.25, 0.3) is 0 Å². The molecule has 0 fully saturated rings. The van der Waals surface area contributed by atoms with E-state index in [4.69, 9.17) is 0 Å². The predicted octanol–water partition coefficient (Wildman–Crippen LogP) is 12.5. The molecule has 2 heteroatoms. The molecule has 0 heterocycles. The molecule has 0 bridgehead atoms. The van der Waals surface area contributed by atoms with E-state index in [0.29, 0.717) is 0 Å². The molecule has 7 aromatic rings. The van der Waals surface area contributed by atoms with Crippen LogP contribution in [0.25, 0.3) is 22.3 Å². The fraction of sp³-hybridized carbons (Fsp3) is 0.0870. The normalized spacial score (nSPS) is 13.3. The van der Waals surface area contributed by atoms with Gasteiger partial charge in [0.1, 0.15) is 0 Å². The zero-order valence-corrected chi connectivity index (χ0v) is 27.3. The summed E-state index contributed by atoms with van der Waals surface area (Å²) in [4.78, 5) is 4.73. The second-order valence-electron chi connectivity index (χ2n) is 13.4. The molecule has 0 N–H and O–H groups in total. The number of rotatable bonds is 6. The Hall–Kier alpha value is -5.86. The van der Waals surface area contributed by atoms with Crippen LogP contribution in [0.2, 0.25) is 0 Å². The van der Waals surface area contributed by atoms with E-state index in [9.17, 15) is 0 Å². The Kier molecular flexibility index (Phi) is 6.58. The summed E-state index contributed by atoms with van der Waals surface area (Å²) in [5.41, 5.74) is 18.0. The molecule has 7 aromatic carbocycles. The van der Waals surface area contributed by atoms with E-state index < -0.39 is 0 Å². The van der Waals surface area contributed by atoms with Crippen LogP contribution in [0.1, 0.15) is 36.1 Å². The Morgan fingerprint density at radius 1 is 0.396 bits per heavy atom. The van der Waals surface area contributed by atoms with Crippen molar-refractivity contribution in [3.63, 3.8) is 0 Å². The third kappa shape index (κ3) is 4.48. The topological polar surface area (TPSA) is 6.48 Å². The Balaban J connectivity index is 1.12. The summed E-state index contributed by atoms with van der Waals surface area (Å²) in [6.45, 7) is 4.83. The predicted molar refractivity (Wildman–Crippen MR) is 202 cm³/mol. The molecule has 2 aliphatic carbocycles. The lowest BCUT2D eigenvalue weighted by molar-refractivity contribution is 0.654. The van der Waals surface area contributed by atoms with Crippen molar-refractivity contribution in [3.8, 4) is 22.3 Å². The maximum Gasteiger partial charge on any atom is 0.0465 e. The molecule has 0 aromatic heterocycles. The van der Waals surface area contributed by atoms with Crippen LogP contribution < -0.4 is 9.80 Å². The van der Waals surface area contributed by atoms with E-state index in [1.807, 2.05) is 0 Å². The smallest absolute Gasteiger partial charge is 0.0465 e. The number of hydrogen-bond donors (Lipinski definition) is 0. The van der Waals surface area contributed by atoms with Gasteiger partial charge in [-0.2, -0.15) is 0 Å². The van der Waals surface area contributed by atoms with Crippen molar-refractivity contribution in [2.45, 2.75) is 25.7 Å². The van der Waals surface area contributed by atoms with Gasteiger partial charge in [-0.3, -0.25) is 0 Å². The van der Waals surface area contributed by atoms with Crippen molar-refractivity contribution in [2.24, 2.45) is 0 Å². The summed E-state index contributed by atoms with van der Waals surface area (Å²) < 4.78 is 0. The van der Waals surface area contributed by atoms with E-state index in [0.717, 1.165) is 29.2 Å². The number of para-hydroxylation sites is 4. The van der Waals surface area contributed by atoms with E-state index in [2.05, 4.69) is 194 Å². The van der Waals surface area contributed by atoms with Crippen LogP contribution in [0, 0.1) is 0 Å². The number of anilines is 6. The number of benzene rings is 7. The van der Waals surface area contributed by atoms with Crippen molar-refractivity contribution in [2.75, 3.05) is 9.80 Å². The van der Waals surface area contributed by atoms with Crippen LogP contribution in [-0.2, 0) is 11.8 Å². The molecule has 0 aliphatic heterocycles. The van der Waals surface area contributed by atoms with Gasteiger partial charge in [-0.1, -0.05) is 111 Å². The van der Waals surface area contributed by atoms with Gasteiger partial charge in [-0.25, -0.2) is 0 Å². The van der Waals surface area contributed by atoms with Gasteiger partial charge in [0.2, 0.25) is 0 Å². The van der Waals surface area contributed by atoms with E-state index in [-0.39, 0.29) is 5.41 Å². The summed E-state index contributed by atoms with van der Waals surface area (Å²) >= 11 is 0. The molecule has 48 heavy (non-hydrogen) atoms. The number of hydrogen-bond acceptors (Lipinski definition) is 2. The maximum atomic E-state index is 2.43. The fourth-order valence-electron chi connectivity index (χ4n) is 8.10. The molecule has 0 radical (unpaired) electrons. The van der Waals surface area contributed by atoms with Crippen molar-refractivity contribution in [1.29, 1.82) is 0 Å². The highest BCUT2D eigenvalue weighted by atomic mass is 15.1. The first-order valence-electron chi connectivity index (χ1n) is 16.8. The molecular weight excluding hydrogens is 581 g/mol. The standard InChI is InChI=1S/C46H36N2/c1-46(2)44-31-38(48(35-19-11-5-12-20-35)36-21-13-6-14-22-36)24-26-41(44)42-28-27-40-39-25-23-37(29-32(39)30-43(40)45(42)46)47(33-15-7-3-8-16-33)34-17-9-4-10-18-34/h3-29,31H,30H2,1-2H3. The largest absolute Gasteiger partial charge is 0.310 e. The molecule has 0 saturated carbocycles. The lowest BCUT2D eigenvalue weighted by Gasteiger charge is -2.28. The van der Waals surface area contributed by atoms with Crippen LogP contribution >= 0.6 is 0 Å². The van der Waals surface area contributed by atoms with Crippen LogP contribution in [0.4, 0.5) is 34.1 Å². The van der Waals surface area contributed by atoms with Crippen molar-refractivity contribution >= 4 is 34.1 Å². The summed E-state index contributed by atoms with van der Waals surface area (Å²) in [7, 11) is 0. The molecule has 0 amide bonds. The zero-order chi connectivity index (χ0) is 32.2. The molecule has 0 unspecified atom stereocenters. The number of nitrogens with zero attached hydrogens (tertiary/aromatic N) is 2. The Bertz CT molecular complexity index is 2190. The van der Waals surface area contributed by atoms with Gasteiger partial charge < -0.3 is 9.80 Å². The van der Waals surface area contributed by atoms with E-state index in [1.54, 1.807) is 0 Å². The third-order valence-corrected chi connectivity index (χ3v) is 10.2. The fourth-order valence-corrected chi connectivity index (χ4v) is 8.10. The minimum Gasteiger partial charge on any atom is -0.310 e. The molecular formula is C46H36N2. The Morgan fingerprint density at radius 2 is 0.812 bits per heavy atom. The summed E-state index contributed by atoms with van der Waals surface area (Å²) in [6, 6.07) is 61.6. The van der Waals surface area contributed by atoms with Gasteiger partial charge in [-0.05, 0) is 124 Å². The van der Waals surface area contributed by atoms with Crippen LogP contribution in [-0.4, -0.2) is 0 Å². The Morgan fingerprint density at radius 3 is 1.31 bits per heavy atom. The second-order valence-corrected chi connectivity index (χ2v) is 13.4. The first-order valence-corrected chi connectivity index (χ1v) is 16.8. The van der Waals surface area contributed by atoms with Gasteiger partial charge >= 0.3 is 0 Å². The lowest BCUT2D eigenvalue weighted by atomic mass is 9.79. The quantitative estimate of drug-likeness (QED) is 0.183. The van der Waals surface area contributed by atoms with Crippen molar-refractivity contribution in [3.05, 3.63) is 192 Å². The SMILES string of the molecule is CC1(C)c2cc(N(c3ccccc3)c3ccccc3)ccc2-c2ccc3c(c21)Cc1cc(N(c2ccccc2)c2ccccc2)ccc1-3. The average Bonchev–Trinajstić information content (AvgIpc) is 3.61. The van der Waals surface area contributed by atoms with E-state index >= 15 is 0 Å². The van der Waals surface area contributed by atoms with Gasteiger partial charge in [0, 0.05) is 39.5 Å². The Labute approximate surface area is 283 Å². The van der Waals surface area contributed by atoms with Crippen LogP contribution in [0.15, 0.2) is 170 Å². The highest BCUT2D eigenvalue weighted by Crippen LogP contribution is 2.55. The third-order valence-electron chi connectivity index (χ3n) is 10.2. The first-order chi connectivity index (χ1) is 23.6. The zero-order valence-electron chi connectivity index (χ0n) is 27.3. The summed E-state index contributed by atoms with van der Waals surface area (Å²) in [5, 5.41) is 0. The maximum absolute atomic E-state index is 2.43. The van der Waals surface area contributed by atoms with Gasteiger partial charge in [0.15, 0.2) is 0 Å².